The number of rotatable bonds is 4. The fraction of sp³-hybridized carbons (Fsp3) is 0.500. The van der Waals surface area contributed by atoms with Gasteiger partial charge in [-0.25, -0.2) is 4.79 Å². The lowest BCUT2D eigenvalue weighted by molar-refractivity contribution is 0.0278. The van der Waals surface area contributed by atoms with Crippen LogP contribution >= 0.6 is 0 Å². The fourth-order valence-corrected chi connectivity index (χ4v) is 1.34. The maximum Gasteiger partial charge on any atom is 0.410 e. The van der Waals surface area contributed by atoms with Crippen LogP contribution in [0, 0.1) is 0 Å². The van der Waals surface area contributed by atoms with Gasteiger partial charge in [-0.2, -0.15) is 0 Å². The van der Waals surface area contributed by atoms with Gasteiger partial charge in [0.15, 0.2) is 0 Å². The average molecular weight is 266 g/mol. The largest absolute Gasteiger partial charge is 0.492 e. The molecule has 0 bridgehead atoms. The maximum atomic E-state index is 11.7. The van der Waals surface area contributed by atoms with Crippen molar-refractivity contribution < 1.29 is 14.3 Å². The van der Waals surface area contributed by atoms with Gasteiger partial charge in [0.05, 0.1) is 6.54 Å². The monoisotopic (exact) mass is 266 g/mol. The summed E-state index contributed by atoms with van der Waals surface area (Å²) in [4.78, 5) is 13.2. The van der Waals surface area contributed by atoms with Gasteiger partial charge in [-0.15, -0.1) is 0 Å². The summed E-state index contributed by atoms with van der Waals surface area (Å²) in [6.45, 7) is 6.34. The molecule has 0 saturated carbocycles. The first-order chi connectivity index (χ1) is 8.78. The number of anilines is 1. The van der Waals surface area contributed by atoms with Gasteiger partial charge in [0.2, 0.25) is 0 Å². The number of benzene rings is 1. The van der Waals surface area contributed by atoms with Gasteiger partial charge in [-0.1, -0.05) is 6.07 Å². The molecule has 0 aliphatic heterocycles. The molecule has 0 heterocycles. The van der Waals surface area contributed by atoms with Gasteiger partial charge in [-0.3, -0.25) is 0 Å². The number of amides is 1. The molecule has 0 aliphatic rings. The number of carbonyl (C=O) groups excluding carboxylic acids is 1. The third-order valence-electron chi connectivity index (χ3n) is 2.26. The van der Waals surface area contributed by atoms with Gasteiger partial charge in [0.25, 0.3) is 0 Å². The zero-order valence-corrected chi connectivity index (χ0v) is 12.0. The Morgan fingerprint density at radius 2 is 2.05 bits per heavy atom. The van der Waals surface area contributed by atoms with Crippen molar-refractivity contribution in [3.63, 3.8) is 0 Å². The van der Waals surface area contributed by atoms with Gasteiger partial charge in [0.1, 0.15) is 18.0 Å². The van der Waals surface area contributed by atoms with E-state index in [0.29, 0.717) is 24.6 Å². The van der Waals surface area contributed by atoms with Crippen molar-refractivity contribution in [1.29, 1.82) is 0 Å². The molecule has 0 fully saturated rings. The van der Waals surface area contributed by atoms with E-state index in [2.05, 4.69) is 0 Å². The van der Waals surface area contributed by atoms with Gasteiger partial charge in [-0.05, 0) is 32.9 Å². The normalized spacial score (nSPS) is 10.9. The molecule has 0 radical (unpaired) electrons. The highest BCUT2D eigenvalue weighted by Gasteiger charge is 2.19. The minimum absolute atomic E-state index is 0.358. The Morgan fingerprint density at radius 3 is 2.63 bits per heavy atom. The number of nitrogen functional groups attached to an aromatic ring is 1. The molecule has 106 valence electrons. The second-order valence-corrected chi connectivity index (χ2v) is 5.32. The first-order valence-corrected chi connectivity index (χ1v) is 6.20. The fourth-order valence-electron chi connectivity index (χ4n) is 1.34. The summed E-state index contributed by atoms with van der Waals surface area (Å²) in [6, 6.07) is 7.18. The van der Waals surface area contributed by atoms with Crippen molar-refractivity contribution in [3.05, 3.63) is 24.3 Å². The van der Waals surface area contributed by atoms with Crippen LogP contribution in [0.15, 0.2) is 24.3 Å². The third-order valence-corrected chi connectivity index (χ3v) is 2.26. The lowest BCUT2D eigenvalue weighted by atomic mass is 10.2. The van der Waals surface area contributed by atoms with Gasteiger partial charge >= 0.3 is 6.09 Å². The van der Waals surface area contributed by atoms with Crippen LogP contribution in [0.3, 0.4) is 0 Å². The molecule has 5 heteroatoms. The standard InChI is InChI=1S/C14H22N2O3/c1-14(2,3)19-13(17)16(4)8-9-18-12-7-5-6-11(15)10-12/h5-7,10H,8-9,15H2,1-4H3. The van der Waals surface area contributed by atoms with Crippen LogP contribution in [0.2, 0.25) is 0 Å². The molecule has 0 aromatic heterocycles. The highest BCUT2D eigenvalue weighted by atomic mass is 16.6. The Kier molecular flexibility index (Phi) is 5.03. The van der Waals surface area contributed by atoms with Gasteiger partial charge < -0.3 is 20.1 Å². The SMILES string of the molecule is CN(CCOc1cccc(N)c1)C(=O)OC(C)(C)C. The second kappa shape index (κ2) is 6.31. The van der Waals surface area contributed by atoms with E-state index in [1.54, 1.807) is 19.2 Å². The van der Waals surface area contributed by atoms with Crippen molar-refractivity contribution in [1.82, 2.24) is 4.90 Å². The van der Waals surface area contributed by atoms with Crippen molar-refractivity contribution in [2.45, 2.75) is 26.4 Å². The number of nitrogens with two attached hydrogens (primary N) is 1. The van der Waals surface area contributed by atoms with Crippen molar-refractivity contribution in [2.24, 2.45) is 0 Å². The maximum absolute atomic E-state index is 11.7. The third kappa shape index (κ3) is 5.99. The van der Waals surface area contributed by atoms with Crippen LogP contribution in [0.25, 0.3) is 0 Å². The van der Waals surface area contributed by atoms with Crippen LogP contribution in [-0.2, 0) is 4.74 Å². The van der Waals surface area contributed by atoms with Crippen LogP contribution < -0.4 is 10.5 Å². The first kappa shape index (κ1) is 15.1. The zero-order chi connectivity index (χ0) is 14.5. The Labute approximate surface area is 114 Å². The van der Waals surface area contributed by atoms with E-state index >= 15 is 0 Å². The molecule has 19 heavy (non-hydrogen) atoms. The highest BCUT2D eigenvalue weighted by Crippen LogP contribution is 2.14. The minimum atomic E-state index is -0.486. The minimum Gasteiger partial charge on any atom is -0.492 e. The van der Waals surface area contributed by atoms with Crippen LogP contribution in [-0.4, -0.2) is 36.8 Å². The Hall–Kier alpha value is -1.91. The van der Waals surface area contributed by atoms with E-state index in [1.165, 1.54) is 4.90 Å². The molecule has 1 aromatic carbocycles. The molecule has 0 spiro atoms. The van der Waals surface area contributed by atoms with Crippen LogP contribution in [0.1, 0.15) is 20.8 Å². The molecule has 0 unspecified atom stereocenters. The topological polar surface area (TPSA) is 64.8 Å². The predicted octanol–water partition coefficient (Wildman–Crippen LogP) is 2.51. The van der Waals surface area contributed by atoms with Crippen LogP contribution in [0.5, 0.6) is 5.75 Å². The number of hydrogen-bond donors (Lipinski definition) is 1. The summed E-state index contributed by atoms with van der Waals surface area (Å²) < 4.78 is 10.7. The molecule has 1 rings (SSSR count). The molecule has 5 nitrogen and oxygen atoms in total. The number of carbonyl (C=O) groups is 1. The summed E-state index contributed by atoms with van der Waals surface area (Å²) in [5.74, 6) is 0.692. The Bertz CT molecular complexity index is 427. The smallest absolute Gasteiger partial charge is 0.410 e. The van der Waals surface area contributed by atoms with E-state index in [1.807, 2.05) is 32.9 Å². The molecule has 2 N–H and O–H groups in total. The predicted molar refractivity (Wildman–Crippen MR) is 75.2 cm³/mol. The number of ether oxygens (including phenoxy) is 2. The summed E-state index contributed by atoms with van der Waals surface area (Å²) in [5, 5.41) is 0. The number of nitrogens with zero attached hydrogens (tertiary/aromatic N) is 1. The Balaban J connectivity index is 2.34. The summed E-state index contributed by atoms with van der Waals surface area (Å²) >= 11 is 0. The molecule has 1 amide bonds. The number of likely N-dealkylation sites (N-methyl/N-ethyl adjacent to an activating group) is 1. The highest BCUT2D eigenvalue weighted by molar-refractivity contribution is 5.67. The first-order valence-electron chi connectivity index (χ1n) is 6.20. The summed E-state index contributed by atoms with van der Waals surface area (Å²) in [6.07, 6.45) is -0.358. The van der Waals surface area contributed by atoms with E-state index < -0.39 is 5.60 Å². The molecular formula is C14H22N2O3. The van der Waals surface area contributed by atoms with Crippen molar-refractivity contribution >= 4 is 11.8 Å². The van der Waals surface area contributed by atoms with Crippen molar-refractivity contribution in [3.8, 4) is 5.75 Å². The Morgan fingerprint density at radius 1 is 1.37 bits per heavy atom. The van der Waals surface area contributed by atoms with Crippen molar-refractivity contribution in [2.75, 3.05) is 25.9 Å². The second-order valence-electron chi connectivity index (χ2n) is 5.32. The molecule has 1 aromatic rings. The summed E-state index contributed by atoms with van der Waals surface area (Å²) in [7, 11) is 1.68. The van der Waals surface area contributed by atoms with Crippen LogP contribution in [0.4, 0.5) is 10.5 Å². The average Bonchev–Trinajstić information content (AvgIpc) is 2.26. The van der Waals surface area contributed by atoms with E-state index in [-0.39, 0.29) is 6.09 Å². The quantitative estimate of drug-likeness (QED) is 0.850. The zero-order valence-electron chi connectivity index (χ0n) is 12.0. The molecule has 0 saturated heterocycles. The van der Waals surface area contributed by atoms with E-state index in [4.69, 9.17) is 15.2 Å². The molecular weight excluding hydrogens is 244 g/mol. The van der Waals surface area contributed by atoms with E-state index in [9.17, 15) is 4.79 Å². The van der Waals surface area contributed by atoms with E-state index in [0.717, 1.165) is 0 Å². The lowest BCUT2D eigenvalue weighted by Crippen LogP contribution is -2.36. The number of hydrogen-bond acceptors (Lipinski definition) is 4. The molecule has 0 atom stereocenters. The summed E-state index contributed by atoms with van der Waals surface area (Å²) in [5.41, 5.74) is 5.81. The lowest BCUT2D eigenvalue weighted by Gasteiger charge is -2.24. The van der Waals surface area contributed by atoms with Gasteiger partial charge in [0, 0.05) is 18.8 Å². The molecule has 0 aliphatic carbocycles.